The highest BCUT2D eigenvalue weighted by Gasteiger charge is 2.56. The number of pyridine rings is 1. The van der Waals surface area contributed by atoms with Crippen molar-refractivity contribution in [2.24, 2.45) is 5.92 Å². The Morgan fingerprint density at radius 3 is 2.45 bits per heavy atom. The molecule has 3 aliphatic rings. The third-order valence-corrected chi connectivity index (χ3v) is 8.92. The van der Waals surface area contributed by atoms with Crippen molar-refractivity contribution in [3.05, 3.63) is 77.5 Å². The van der Waals surface area contributed by atoms with Crippen molar-refractivity contribution >= 4 is 29.8 Å². The summed E-state index contributed by atoms with van der Waals surface area (Å²) in [5, 5.41) is 10.2. The van der Waals surface area contributed by atoms with E-state index >= 15 is 0 Å². The molecule has 13 nitrogen and oxygen atoms in total. The molecule has 3 atom stereocenters. The summed E-state index contributed by atoms with van der Waals surface area (Å²) >= 11 is 0. The molecule has 0 bridgehead atoms. The van der Waals surface area contributed by atoms with E-state index in [0.29, 0.717) is 36.3 Å². The molecule has 4 amide bonds. The molecular formula is C36H38F2N4O9. The van der Waals surface area contributed by atoms with Crippen LogP contribution < -0.4 is 19.1 Å². The quantitative estimate of drug-likeness (QED) is 0.285. The number of alkyl halides is 2. The molecule has 4 heterocycles. The van der Waals surface area contributed by atoms with Crippen molar-refractivity contribution in [2.75, 3.05) is 25.1 Å². The number of hydrogen-bond donors (Lipinski definition) is 1. The van der Waals surface area contributed by atoms with Gasteiger partial charge in [0.05, 0.1) is 19.6 Å². The second-order valence-corrected chi connectivity index (χ2v) is 13.7. The van der Waals surface area contributed by atoms with E-state index in [1.165, 1.54) is 28.1 Å². The molecule has 0 radical (unpaired) electrons. The lowest BCUT2D eigenvalue weighted by atomic mass is 9.82. The summed E-state index contributed by atoms with van der Waals surface area (Å²) in [6, 6.07) is 12.7. The van der Waals surface area contributed by atoms with Crippen LogP contribution in [0, 0.1) is 5.92 Å². The van der Waals surface area contributed by atoms with Gasteiger partial charge < -0.3 is 29.0 Å². The normalized spacial score (nSPS) is 20.7. The van der Waals surface area contributed by atoms with Gasteiger partial charge in [0.15, 0.2) is 17.5 Å². The Morgan fingerprint density at radius 2 is 1.76 bits per heavy atom. The number of anilines is 1. The summed E-state index contributed by atoms with van der Waals surface area (Å²) in [7, 11) is 1.55. The third kappa shape index (κ3) is 7.66. The van der Waals surface area contributed by atoms with E-state index < -0.39 is 47.9 Å². The second-order valence-electron chi connectivity index (χ2n) is 13.7. The summed E-state index contributed by atoms with van der Waals surface area (Å²) < 4.78 is 47.0. The van der Waals surface area contributed by atoms with Crippen LogP contribution >= 0.6 is 0 Å². The molecule has 2 fully saturated rings. The summed E-state index contributed by atoms with van der Waals surface area (Å²) in [4.78, 5) is 60.9. The fourth-order valence-electron chi connectivity index (χ4n) is 6.50. The number of halogens is 2. The zero-order chi connectivity index (χ0) is 36.7. The maximum Gasteiger partial charge on any atom is 0.586 e. The second kappa shape index (κ2) is 13.7. The number of carbonyl (C=O) groups excluding carboxylic acids is 3. The molecule has 0 spiro atoms. The van der Waals surface area contributed by atoms with Crippen LogP contribution in [-0.4, -0.2) is 82.0 Å². The van der Waals surface area contributed by atoms with Gasteiger partial charge in [0.2, 0.25) is 5.91 Å². The highest BCUT2D eigenvalue weighted by Crippen LogP contribution is 2.43. The van der Waals surface area contributed by atoms with Crippen molar-refractivity contribution in [1.29, 1.82) is 0 Å². The predicted octanol–water partition coefficient (Wildman–Crippen LogP) is 5.81. The minimum absolute atomic E-state index is 0.0236. The number of carbonyl (C=O) groups is 4. The van der Waals surface area contributed by atoms with Crippen molar-refractivity contribution in [3.8, 4) is 17.2 Å². The number of imide groups is 1. The number of carboxylic acid groups (broad SMARTS) is 1. The Kier molecular flexibility index (Phi) is 9.49. The number of amides is 4. The highest BCUT2D eigenvalue weighted by atomic mass is 19.3. The minimum Gasteiger partial charge on any atom is -0.497 e. The van der Waals surface area contributed by atoms with Crippen LogP contribution in [0.5, 0.6) is 17.2 Å². The van der Waals surface area contributed by atoms with Crippen LogP contribution in [0.25, 0.3) is 0 Å². The molecule has 51 heavy (non-hydrogen) atoms. The summed E-state index contributed by atoms with van der Waals surface area (Å²) in [6.45, 7) is 5.78. The zero-order valence-corrected chi connectivity index (χ0v) is 28.5. The number of aliphatic carboxylic acids is 1. The number of ether oxygens (including phenoxy) is 4. The zero-order valence-electron chi connectivity index (χ0n) is 28.5. The maximum atomic E-state index is 13.6. The van der Waals surface area contributed by atoms with Crippen molar-refractivity contribution in [3.63, 3.8) is 0 Å². The van der Waals surface area contributed by atoms with Crippen LogP contribution in [0.1, 0.15) is 56.2 Å². The lowest BCUT2D eigenvalue weighted by Gasteiger charge is -2.46. The number of nitrogens with zero attached hydrogens (tertiary/aromatic N) is 4. The molecule has 270 valence electrons. The van der Waals surface area contributed by atoms with E-state index in [-0.39, 0.29) is 42.7 Å². The molecule has 15 heteroatoms. The molecule has 1 aromatic heterocycles. The molecule has 1 N–H and O–H groups in total. The number of β-lactam (4-membered cyclic amide) rings is 1. The van der Waals surface area contributed by atoms with Gasteiger partial charge in [0.1, 0.15) is 17.2 Å². The maximum absolute atomic E-state index is 13.6. The first-order valence-electron chi connectivity index (χ1n) is 16.5. The molecule has 2 saturated heterocycles. The van der Waals surface area contributed by atoms with Crippen molar-refractivity contribution in [1.82, 2.24) is 14.8 Å². The first-order chi connectivity index (χ1) is 24.1. The first kappa shape index (κ1) is 35.4. The number of hydrogen-bond acceptors (Lipinski definition) is 9. The number of rotatable bonds is 8. The Morgan fingerprint density at radius 1 is 1.04 bits per heavy atom. The lowest BCUT2D eigenvalue weighted by molar-refractivity contribution is -0.286. The van der Waals surface area contributed by atoms with E-state index in [1.807, 2.05) is 0 Å². The van der Waals surface area contributed by atoms with Gasteiger partial charge in [-0.25, -0.2) is 24.3 Å². The monoisotopic (exact) mass is 708 g/mol. The Labute approximate surface area is 292 Å². The first-order valence-corrected chi connectivity index (χ1v) is 16.5. The third-order valence-electron chi connectivity index (χ3n) is 8.92. The van der Waals surface area contributed by atoms with Crippen LogP contribution in [0.4, 0.5) is 24.2 Å². The number of likely N-dealkylation sites (tertiary alicyclic amines) is 2. The largest absolute Gasteiger partial charge is 0.586 e. The lowest BCUT2D eigenvalue weighted by Crippen LogP contribution is -2.69. The number of urea groups is 1. The van der Waals surface area contributed by atoms with Gasteiger partial charge in [-0.1, -0.05) is 18.2 Å². The Hall–Kier alpha value is -5.47. The molecule has 3 aliphatic heterocycles. The van der Waals surface area contributed by atoms with Crippen LogP contribution in [0.2, 0.25) is 0 Å². The number of fused-ring (bicyclic) bond motifs is 1. The summed E-state index contributed by atoms with van der Waals surface area (Å²) in [5.74, 6) is -2.60. The van der Waals surface area contributed by atoms with E-state index in [1.54, 1.807) is 70.3 Å². The smallest absolute Gasteiger partial charge is 0.497 e. The molecular weight excluding hydrogens is 670 g/mol. The molecule has 0 aliphatic carbocycles. The standard InChI is InChI=1S/C36H38F2N4O9/c1-35(2,3)51-34(47)41(19-21-7-10-25(48-4)11-8-21)29-17-22(13-14-39-29)16-26-30(32(44)45)42(31(26)43)33(46)40-15-5-6-24(20-40)23-9-12-27-28(18-23)50-36(37,38)49-27/h7-14,17-18,24,26,30H,5-6,15-16,19-20H2,1-4H3,(H,44,45)/t24?,26-,30+/m1/s1. The average molecular weight is 709 g/mol. The molecule has 2 aromatic carbocycles. The van der Waals surface area contributed by atoms with E-state index in [9.17, 15) is 33.1 Å². The summed E-state index contributed by atoms with van der Waals surface area (Å²) in [6.07, 6.45) is -1.78. The highest BCUT2D eigenvalue weighted by molar-refractivity contribution is 6.07. The number of benzene rings is 2. The topological polar surface area (TPSA) is 148 Å². The Bertz CT molecular complexity index is 1830. The van der Waals surface area contributed by atoms with Gasteiger partial charge in [-0.05, 0) is 93.1 Å². The number of methoxy groups -OCH3 is 1. The van der Waals surface area contributed by atoms with Gasteiger partial charge in [0.25, 0.3) is 0 Å². The molecule has 3 aromatic rings. The van der Waals surface area contributed by atoms with Crippen LogP contribution in [0.3, 0.4) is 0 Å². The van der Waals surface area contributed by atoms with Gasteiger partial charge >= 0.3 is 24.4 Å². The van der Waals surface area contributed by atoms with Gasteiger partial charge in [-0.3, -0.25) is 9.69 Å². The minimum atomic E-state index is -3.76. The number of aromatic nitrogens is 1. The number of piperidine rings is 1. The fourth-order valence-corrected chi connectivity index (χ4v) is 6.50. The van der Waals surface area contributed by atoms with Crippen molar-refractivity contribution < 1.29 is 52.0 Å². The number of carboxylic acids is 1. The predicted molar refractivity (Wildman–Crippen MR) is 177 cm³/mol. The molecule has 6 rings (SSSR count). The fraction of sp³-hybridized carbons (Fsp3) is 0.417. The summed E-state index contributed by atoms with van der Waals surface area (Å²) in [5.41, 5.74) is 1.15. The van der Waals surface area contributed by atoms with Gasteiger partial charge in [-0.2, -0.15) is 0 Å². The van der Waals surface area contributed by atoms with E-state index in [2.05, 4.69) is 14.5 Å². The van der Waals surface area contributed by atoms with Gasteiger partial charge in [0, 0.05) is 25.2 Å². The van der Waals surface area contributed by atoms with Crippen LogP contribution in [-0.2, 0) is 27.3 Å². The SMILES string of the molecule is COc1ccc(CN(C(=O)OC(C)(C)C)c2cc(C[C@H]3C(=O)N(C(=O)N4CCCC(c5ccc6c(c5)OC(F)(F)O6)C4)[C@@H]3C(=O)O)ccn2)cc1. The molecule has 1 unspecified atom stereocenters. The molecule has 0 saturated carbocycles. The average Bonchev–Trinajstić information content (AvgIpc) is 3.40. The van der Waals surface area contributed by atoms with Crippen LogP contribution in [0.15, 0.2) is 60.8 Å². The van der Waals surface area contributed by atoms with Crippen molar-refractivity contribution in [2.45, 2.75) is 70.4 Å². The van der Waals surface area contributed by atoms with E-state index in [4.69, 9.17) is 9.47 Å². The van der Waals surface area contributed by atoms with E-state index in [0.717, 1.165) is 10.5 Å². The Balaban J connectivity index is 1.16. The van der Waals surface area contributed by atoms with Gasteiger partial charge in [-0.15, -0.1) is 8.78 Å².